The summed E-state index contributed by atoms with van der Waals surface area (Å²) in [5, 5.41) is 2.99. The van der Waals surface area contributed by atoms with Gasteiger partial charge in [0.25, 0.3) is 5.91 Å². The second-order valence-electron chi connectivity index (χ2n) is 7.31. The van der Waals surface area contributed by atoms with Crippen molar-refractivity contribution in [2.45, 2.75) is 12.1 Å². The van der Waals surface area contributed by atoms with Crippen molar-refractivity contribution in [3.8, 4) is 0 Å². The lowest BCUT2D eigenvalue weighted by Gasteiger charge is -2.29. The number of para-hydroxylation sites is 1. The average Bonchev–Trinajstić information content (AvgIpc) is 3.25. The predicted octanol–water partition coefficient (Wildman–Crippen LogP) is 5.70. The second-order valence-corrected chi connectivity index (χ2v) is 8.59. The van der Waals surface area contributed by atoms with Crippen LogP contribution in [0.25, 0.3) is 0 Å². The molecule has 2 aliphatic rings. The number of rotatable bonds is 3. The Bertz CT molecular complexity index is 1170. The third kappa shape index (κ3) is 3.38. The lowest BCUT2D eigenvalue weighted by Crippen LogP contribution is -2.37. The quantitative estimate of drug-likeness (QED) is 0.458. The molecular formula is C23H15Cl3N2O3. The van der Waals surface area contributed by atoms with Gasteiger partial charge in [0.2, 0.25) is 5.91 Å². The third-order valence-electron chi connectivity index (χ3n) is 5.49. The molecule has 2 saturated heterocycles. The van der Waals surface area contributed by atoms with Crippen molar-refractivity contribution < 1.29 is 14.4 Å². The number of carbonyl (C=O) groups excluding carboxylic acids is 2. The molecule has 3 aromatic rings. The van der Waals surface area contributed by atoms with Crippen LogP contribution in [0.1, 0.15) is 11.6 Å². The molecule has 2 amide bonds. The van der Waals surface area contributed by atoms with Crippen LogP contribution in [-0.4, -0.2) is 17.9 Å². The molecule has 156 valence electrons. The number of hydrogen-bond acceptors (Lipinski definition) is 4. The summed E-state index contributed by atoms with van der Waals surface area (Å²) >= 11 is 18.6. The summed E-state index contributed by atoms with van der Waals surface area (Å²) in [7, 11) is 0. The number of anilines is 2. The molecule has 8 heteroatoms. The molecule has 0 radical (unpaired) electrons. The van der Waals surface area contributed by atoms with Crippen LogP contribution in [0.4, 0.5) is 11.4 Å². The summed E-state index contributed by atoms with van der Waals surface area (Å²) in [6, 6.07) is 20.2. The van der Waals surface area contributed by atoms with Crippen LogP contribution in [0, 0.1) is 5.92 Å². The van der Waals surface area contributed by atoms with Crippen molar-refractivity contribution in [2.75, 3.05) is 9.96 Å². The Morgan fingerprint density at radius 3 is 2.10 bits per heavy atom. The fraction of sp³-hybridized carbons (Fsp3) is 0.130. The van der Waals surface area contributed by atoms with Crippen molar-refractivity contribution in [2.24, 2.45) is 5.92 Å². The van der Waals surface area contributed by atoms with Gasteiger partial charge in [0.15, 0.2) is 6.10 Å². The number of hydrogen-bond donors (Lipinski definition) is 0. The molecule has 5 nitrogen and oxygen atoms in total. The topological polar surface area (TPSA) is 49.9 Å². The van der Waals surface area contributed by atoms with Gasteiger partial charge in [-0.05, 0) is 54.1 Å². The Labute approximate surface area is 193 Å². The average molecular weight is 474 g/mol. The minimum absolute atomic E-state index is 0.339. The number of nitrogens with zero attached hydrogens (tertiary/aromatic N) is 2. The molecule has 2 heterocycles. The minimum atomic E-state index is -0.972. The Balaban J connectivity index is 1.62. The standard InChI is InChI=1S/C23H15Cl3N2O3/c24-13-6-9-16(10-7-13)28-20(17-11-8-14(25)12-18(17)26)19-21(31-28)23(30)27(22(19)29)15-4-2-1-3-5-15/h1-12,19-21H. The first kappa shape index (κ1) is 20.3. The van der Waals surface area contributed by atoms with Crippen LogP contribution in [-0.2, 0) is 14.4 Å². The van der Waals surface area contributed by atoms with E-state index in [9.17, 15) is 9.59 Å². The zero-order valence-electron chi connectivity index (χ0n) is 15.9. The van der Waals surface area contributed by atoms with Gasteiger partial charge in [-0.15, -0.1) is 0 Å². The van der Waals surface area contributed by atoms with Crippen molar-refractivity contribution in [1.82, 2.24) is 0 Å². The van der Waals surface area contributed by atoms with Crippen LogP contribution in [0.15, 0.2) is 72.8 Å². The van der Waals surface area contributed by atoms with E-state index in [4.69, 9.17) is 39.6 Å². The number of fused-ring (bicyclic) bond motifs is 1. The van der Waals surface area contributed by atoms with E-state index in [2.05, 4.69) is 0 Å². The van der Waals surface area contributed by atoms with E-state index in [1.54, 1.807) is 71.8 Å². The summed E-state index contributed by atoms with van der Waals surface area (Å²) < 4.78 is 0. The second kappa shape index (κ2) is 7.84. The molecule has 3 aromatic carbocycles. The number of carbonyl (C=O) groups is 2. The monoisotopic (exact) mass is 472 g/mol. The molecule has 5 rings (SSSR count). The minimum Gasteiger partial charge on any atom is -0.273 e. The maximum absolute atomic E-state index is 13.5. The molecule has 31 heavy (non-hydrogen) atoms. The smallest absolute Gasteiger partial charge is 0.266 e. The van der Waals surface area contributed by atoms with E-state index in [1.807, 2.05) is 6.07 Å². The Kier molecular flexibility index (Phi) is 5.15. The van der Waals surface area contributed by atoms with E-state index in [0.29, 0.717) is 32.0 Å². The van der Waals surface area contributed by atoms with Crippen LogP contribution in [0.3, 0.4) is 0 Å². The Morgan fingerprint density at radius 1 is 0.742 bits per heavy atom. The predicted molar refractivity (Wildman–Crippen MR) is 120 cm³/mol. The molecular weight excluding hydrogens is 459 g/mol. The van der Waals surface area contributed by atoms with Gasteiger partial charge >= 0.3 is 0 Å². The molecule has 0 saturated carbocycles. The van der Waals surface area contributed by atoms with Crippen molar-refractivity contribution in [1.29, 1.82) is 0 Å². The van der Waals surface area contributed by atoms with E-state index in [-0.39, 0.29) is 5.91 Å². The summed E-state index contributed by atoms with van der Waals surface area (Å²) in [5.74, 6) is -1.52. The summed E-state index contributed by atoms with van der Waals surface area (Å²) in [6.07, 6.45) is -0.972. The number of halogens is 3. The molecule has 3 unspecified atom stereocenters. The first-order valence-corrected chi connectivity index (χ1v) is 10.7. The third-order valence-corrected chi connectivity index (χ3v) is 6.31. The zero-order valence-corrected chi connectivity index (χ0v) is 18.2. The molecule has 0 aliphatic carbocycles. The van der Waals surface area contributed by atoms with Crippen molar-refractivity contribution in [3.63, 3.8) is 0 Å². The van der Waals surface area contributed by atoms with E-state index >= 15 is 0 Å². The first-order valence-electron chi connectivity index (χ1n) is 9.55. The zero-order chi connectivity index (χ0) is 21.7. The Morgan fingerprint density at radius 2 is 1.42 bits per heavy atom. The largest absolute Gasteiger partial charge is 0.273 e. The lowest BCUT2D eigenvalue weighted by atomic mass is 9.90. The van der Waals surface area contributed by atoms with E-state index in [1.165, 1.54) is 4.90 Å². The van der Waals surface area contributed by atoms with Crippen LogP contribution in [0.2, 0.25) is 15.1 Å². The van der Waals surface area contributed by atoms with Gasteiger partial charge in [-0.2, -0.15) is 0 Å². The molecule has 2 fully saturated rings. The maximum atomic E-state index is 13.5. The number of imide groups is 1. The molecule has 0 N–H and O–H groups in total. The molecule has 0 bridgehead atoms. The highest BCUT2D eigenvalue weighted by Gasteiger charge is 2.60. The summed E-state index contributed by atoms with van der Waals surface area (Å²) in [5.41, 5.74) is 1.81. The highest BCUT2D eigenvalue weighted by Crippen LogP contribution is 2.49. The Hall–Kier alpha value is -2.57. The highest BCUT2D eigenvalue weighted by molar-refractivity contribution is 6.35. The van der Waals surface area contributed by atoms with Crippen LogP contribution >= 0.6 is 34.8 Å². The van der Waals surface area contributed by atoms with Crippen molar-refractivity contribution in [3.05, 3.63) is 93.4 Å². The number of benzene rings is 3. The fourth-order valence-electron chi connectivity index (χ4n) is 4.12. The number of hydroxylamine groups is 1. The van der Waals surface area contributed by atoms with Crippen LogP contribution in [0.5, 0.6) is 0 Å². The van der Waals surface area contributed by atoms with Gasteiger partial charge in [0, 0.05) is 15.1 Å². The van der Waals surface area contributed by atoms with E-state index < -0.39 is 24.0 Å². The van der Waals surface area contributed by atoms with Gasteiger partial charge in [-0.1, -0.05) is 59.1 Å². The fourth-order valence-corrected chi connectivity index (χ4v) is 4.76. The summed E-state index contributed by atoms with van der Waals surface area (Å²) in [4.78, 5) is 34.0. The lowest BCUT2D eigenvalue weighted by molar-refractivity contribution is -0.126. The highest BCUT2D eigenvalue weighted by atomic mass is 35.5. The molecule has 2 aliphatic heterocycles. The molecule has 0 aromatic heterocycles. The SMILES string of the molecule is O=C1C2ON(c3ccc(Cl)cc3)C(c3ccc(Cl)cc3Cl)C2C(=O)N1c1ccccc1. The first-order chi connectivity index (χ1) is 15.0. The normalized spacial score (nSPS) is 22.9. The molecule has 3 atom stereocenters. The van der Waals surface area contributed by atoms with Gasteiger partial charge in [-0.3, -0.25) is 14.4 Å². The van der Waals surface area contributed by atoms with Gasteiger partial charge in [0.1, 0.15) is 5.92 Å². The maximum Gasteiger partial charge on any atom is 0.266 e. The van der Waals surface area contributed by atoms with Gasteiger partial charge < -0.3 is 0 Å². The number of amides is 2. The van der Waals surface area contributed by atoms with Gasteiger partial charge in [0.05, 0.1) is 17.4 Å². The van der Waals surface area contributed by atoms with E-state index in [0.717, 1.165) is 0 Å². The molecule has 0 spiro atoms. The van der Waals surface area contributed by atoms with Crippen LogP contribution < -0.4 is 9.96 Å². The summed E-state index contributed by atoms with van der Waals surface area (Å²) in [6.45, 7) is 0. The van der Waals surface area contributed by atoms with Gasteiger partial charge in [-0.25, -0.2) is 9.96 Å². The van der Waals surface area contributed by atoms with Crippen molar-refractivity contribution >= 4 is 58.0 Å².